The Morgan fingerprint density at radius 3 is 2.45 bits per heavy atom. The van der Waals surface area contributed by atoms with Gasteiger partial charge in [0.25, 0.3) is 0 Å². The summed E-state index contributed by atoms with van der Waals surface area (Å²) in [5, 5.41) is 4.91. The highest BCUT2D eigenvalue weighted by Gasteiger charge is 2.23. The smallest absolute Gasteiger partial charge is 0.158 e. The van der Waals surface area contributed by atoms with E-state index in [2.05, 4.69) is 5.16 Å². The first kappa shape index (κ1) is 13.0. The normalized spacial score (nSPS) is 17.5. The lowest BCUT2D eigenvalue weighted by atomic mass is 10.0. The zero-order chi connectivity index (χ0) is 13.9. The maximum atomic E-state index is 5.89. The summed E-state index contributed by atoms with van der Waals surface area (Å²) in [7, 11) is 1.65. The van der Waals surface area contributed by atoms with Gasteiger partial charge in [0, 0.05) is 11.4 Å². The van der Waals surface area contributed by atoms with Crippen molar-refractivity contribution in [2.45, 2.75) is 12.5 Å². The predicted molar refractivity (Wildman–Crippen MR) is 79.4 cm³/mol. The summed E-state index contributed by atoms with van der Waals surface area (Å²) in [4.78, 5) is 5.52. The van der Waals surface area contributed by atoms with Crippen LogP contribution in [-0.2, 0) is 4.84 Å². The molecule has 1 aliphatic rings. The van der Waals surface area contributed by atoms with Gasteiger partial charge in [-0.1, -0.05) is 28.9 Å². The molecule has 0 amide bonds. The lowest BCUT2D eigenvalue weighted by Crippen LogP contribution is -2.01. The van der Waals surface area contributed by atoms with Crippen molar-refractivity contribution < 1.29 is 9.57 Å². The fourth-order valence-corrected chi connectivity index (χ4v) is 2.31. The van der Waals surface area contributed by atoms with Crippen molar-refractivity contribution in [1.82, 2.24) is 0 Å². The molecule has 0 saturated carbocycles. The van der Waals surface area contributed by atoms with Crippen LogP contribution in [0.3, 0.4) is 0 Å². The SMILES string of the molecule is COc1ccc(C2=NOC(c3ccc(Cl)cc3)C2)cc1. The van der Waals surface area contributed by atoms with Crippen molar-refractivity contribution in [3.05, 3.63) is 64.7 Å². The number of oxime groups is 1. The molecule has 1 heterocycles. The molecule has 2 aromatic carbocycles. The Morgan fingerprint density at radius 2 is 1.80 bits per heavy atom. The lowest BCUT2D eigenvalue weighted by molar-refractivity contribution is 0.0857. The number of benzene rings is 2. The Hall–Kier alpha value is -2.00. The van der Waals surface area contributed by atoms with Crippen molar-refractivity contribution in [3.63, 3.8) is 0 Å². The predicted octanol–water partition coefficient (Wildman–Crippen LogP) is 4.21. The molecule has 0 aromatic heterocycles. The van der Waals surface area contributed by atoms with Crippen LogP contribution in [-0.4, -0.2) is 12.8 Å². The van der Waals surface area contributed by atoms with Crippen LogP contribution in [0.1, 0.15) is 23.7 Å². The molecule has 3 nitrogen and oxygen atoms in total. The average Bonchev–Trinajstić information content (AvgIpc) is 2.98. The van der Waals surface area contributed by atoms with E-state index >= 15 is 0 Å². The fourth-order valence-electron chi connectivity index (χ4n) is 2.19. The van der Waals surface area contributed by atoms with E-state index in [-0.39, 0.29) is 6.10 Å². The number of hydrogen-bond acceptors (Lipinski definition) is 3. The van der Waals surface area contributed by atoms with Gasteiger partial charge in [-0.2, -0.15) is 0 Å². The molecule has 2 aromatic rings. The van der Waals surface area contributed by atoms with Gasteiger partial charge in [0.1, 0.15) is 5.75 Å². The first-order valence-electron chi connectivity index (χ1n) is 6.39. The molecular weight excluding hydrogens is 274 g/mol. The van der Waals surface area contributed by atoms with Gasteiger partial charge in [0.05, 0.1) is 12.8 Å². The number of rotatable bonds is 3. The first-order valence-corrected chi connectivity index (χ1v) is 6.76. The Kier molecular flexibility index (Phi) is 3.61. The lowest BCUT2D eigenvalue weighted by Gasteiger charge is -2.08. The standard InChI is InChI=1S/C16H14ClNO2/c1-19-14-8-4-11(5-9-14)15-10-16(20-18-15)12-2-6-13(17)7-3-12/h2-9,16H,10H2,1H3. The second kappa shape index (κ2) is 5.55. The molecule has 0 radical (unpaired) electrons. The van der Waals surface area contributed by atoms with Crippen molar-refractivity contribution in [1.29, 1.82) is 0 Å². The van der Waals surface area contributed by atoms with E-state index in [0.29, 0.717) is 0 Å². The summed E-state index contributed by atoms with van der Waals surface area (Å²) in [6.07, 6.45) is 0.720. The second-order valence-electron chi connectivity index (χ2n) is 4.62. The fraction of sp³-hybridized carbons (Fsp3) is 0.188. The zero-order valence-electron chi connectivity index (χ0n) is 11.0. The van der Waals surface area contributed by atoms with Gasteiger partial charge in [-0.05, 0) is 47.5 Å². The molecule has 0 saturated heterocycles. The molecule has 102 valence electrons. The Morgan fingerprint density at radius 1 is 1.10 bits per heavy atom. The third-order valence-corrected chi connectivity index (χ3v) is 3.59. The molecular formula is C16H14ClNO2. The maximum absolute atomic E-state index is 5.89. The third-order valence-electron chi connectivity index (χ3n) is 3.33. The van der Waals surface area contributed by atoms with Crippen LogP contribution in [0.4, 0.5) is 0 Å². The van der Waals surface area contributed by atoms with Gasteiger partial charge < -0.3 is 9.57 Å². The number of hydrogen-bond donors (Lipinski definition) is 0. The summed E-state index contributed by atoms with van der Waals surface area (Å²) in [6.45, 7) is 0. The van der Waals surface area contributed by atoms with Crippen LogP contribution in [0.25, 0.3) is 0 Å². The third kappa shape index (κ3) is 2.63. The van der Waals surface area contributed by atoms with Gasteiger partial charge in [-0.25, -0.2) is 0 Å². The van der Waals surface area contributed by atoms with Crippen molar-refractivity contribution in [3.8, 4) is 5.75 Å². The summed E-state index contributed by atoms with van der Waals surface area (Å²) in [5.41, 5.74) is 3.09. The highest BCUT2D eigenvalue weighted by atomic mass is 35.5. The van der Waals surface area contributed by atoms with Gasteiger partial charge >= 0.3 is 0 Å². The highest BCUT2D eigenvalue weighted by molar-refractivity contribution is 6.30. The van der Waals surface area contributed by atoms with Crippen LogP contribution >= 0.6 is 11.6 Å². The van der Waals surface area contributed by atoms with Crippen molar-refractivity contribution >= 4 is 17.3 Å². The molecule has 20 heavy (non-hydrogen) atoms. The molecule has 0 bridgehead atoms. The Bertz CT molecular complexity index is 620. The van der Waals surface area contributed by atoms with Gasteiger partial charge in [-0.3, -0.25) is 0 Å². The highest BCUT2D eigenvalue weighted by Crippen LogP contribution is 2.30. The minimum Gasteiger partial charge on any atom is -0.497 e. The monoisotopic (exact) mass is 287 g/mol. The maximum Gasteiger partial charge on any atom is 0.158 e. The van der Waals surface area contributed by atoms with Gasteiger partial charge in [-0.15, -0.1) is 0 Å². The zero-order valence-corrected chi connectivity index (χ0v) is 11.8. The van der Waals surface area contributed by atoms with Crippen LogP contribution in [0, 0.1) is 0 Å². The quantitative estimate of drug-likeness (QED) is 0.846. The van der Waals surface area contributed by atoms with Crippen LogP contribution in [0.5, 0.6) is 5.75 Å². The number of methoxy groups -OCH3 is 1. The molecule has 0 N–H and O–H groups in total. The Labute approximate surface area is 122 Å². The van der Waals surface area contributed by atoms with E-state index in [1.165, 1.54) is 0 Å². The Balaban J connectivity index is 1.73. The molecule has 1 aliphatic heterocycles. The van der Waals surface area contributed by atoms with E-state index in [4.69, 9.17) is 21.2 Å². The van der Waals surface area contributed by atoms with Crippen LogP contribution in [0.15, 0.2) is 53.7 Å². The molecule has 3 rings (SSSR count). The van der Waals surface area contributed by atoms with E-state index in [0.717, 1.165) is 34.0 Å². The minimum absolute atomic E-state index is 0.0376. The van der Waals surface area contributed by atoms with Crippen molar-refractivity contribution in [2.75, 3.05) is 7.11 Å². The van der Waals surface area contributed by atoms with Crippen LogP contribution in [0.2, 0.25) is 5.02 Å². The summed E-state index contributed by atoms with van der Waals surface area (Å²) >= 11 is 5.89. The topological polar surface area (TPSA) is 30.8 Å². The minimum atomic E-state index is -0.0376. The average molecular weight is 288 g/mol. The molecule has 1 atom stereocenters. The molecule has 4 heteroatoms. The first-order chi connectivity index (χ1) is 9.76. The summed E-state index contributed by atoms with van der Waals surface area (Å²) in [5.74, 6) is 0.836. The van der Waals surface area contributed by atoms with Crippen LogP contribution < -0.4 is 4.74 Å². The molecule has 1 unspecified atom stereocenters. The van der Waals surface area contributed by atoms with E-state index < -0.39 is 0 Å². The number of ether oxygens (including phenoxy) is 1. The largest absolute Gasteiger partial charge is 0.497 e. The van der Waals surface area contributed by atoms with Gasteiger partial charge in [0.2, 0.25) is 0 Å². The molecule has 0 aliphatic carbocycles. The number of halogens is 1. The van der Waals surface area contributed by atoms with E-state index in [1.807, 2.05) is 48.5 Å². The van der Waals surface area contributed by atoms with E-state index in [1.54, 1.807) is 7.11 Å². The second-order valence-corrected chi connectivity index (χ2v) is 5.05. The molecule has 0 spiro atoms. The molecule has 0 fully saturated rings. The number of nitrogens with zero attached hydrogens (tertiary/aromatic N) is 1. The summed E-state index contributed by atoms with van der Waals surface area (Å²) in [6, 6.07) is 15.5. The summed E-state index contributed by atoms with van der Waals surface area (Å²) < 4.78 is 5.15. The van der Waals surface area contributed by atoms with Gasteiger partial charge in [0.15, 0.2) is 6.10 Å². The van der Waals surface area contributed by atoms with Crippen molar-refractivity contribution in [2.24, 2.45) is 5.16 Å². The van der Waals surface area contributed by atoms with E-state index in [9.17, 15) is 0 Å².